The van der Waals surface area contributed by atoms with Gasteiger partial charge in [-0.15, -0.1) is 0 Å². The van der Waals surface area contributed by atoms with Crippen molar-refractivity contribution in [1.82, 2.24) is 20.0 Å². The lowest BCUT2D eigenvalue weighted by atomic mass is 10.1. The number of halogens is 2. The molecule has 0 spiro atoms. The van der Waals surface area contributed by atoms with E-state index in [4.69, 9.17) is 0 Å². The van der Waals surface area contributed by atoms with Gasteiger partial charge in [0.05, 0.1) is 24.0 Å². The van der Waals surface area contributed by atoms with Gasteiger partial charge in [-0.3, -0.25) is 9.89 Å². The van der Waals surface area contributed by atoms with Gasteiger partial charge >= 0.3 is 6.55 Å². The summed E-state index contributed by atoms with van der Waals surface area (Å²) < 4.78 is 25.9. The molecule has 102 valence electrons. The summed E-state index contributed by atoms with van der Waals surface area (Å²) in [7, 11) is 0. The summed E-state index contributed by atoms with van der Waals surface area (Å²) >= 11 is 0. The largest absolute Gasteiger partial charge is 0.333 e. The molecule has 0 fully saturated rings. The quantitative estimate of drug-likeness (QED) is 0.888. The van der Waals surface area contributed by atoms with Gasteiger partial charge < -0.3 is 5.32 Å². The average molecular weight is 269 g/mol. The van der Waals surface area contributed by atoms with Gasteiger partial charge in [-0.25, -0.2) is 4.68 Å². The smallest absolute Gasteiger partial charge is 0.323 e. The van der Waals surface area contributed by atoms with E-state index >= 15 is 0 Å². The summed E-state index contributed by atoms with van der Waals surface area (Å²) in [5.41, 5.74) is 1.78. The number of nitrogens with zero attached hydrogens (tertiary/aromatic N) is 3. The molecule has 8 heteroatoms. The third-order valence-electron chi connectivity index (χ3n) is 2.78. The maximum atomic E-state index is 12.7. The number of anilines is 1. The normalized spacial score (nSPS) is 11.0. The number of hydrogen-bond donors (Lipinski definition) is 2. The first-order valence-electron chi connectivity index (χ1n) is 5.60. The van der Waals surface area contributed by atoms with Gasteiger partial charge in [0.1, 0.15) is 0 Å². The molecule has 6 nitrogen and oxygen atoms in total. The van der Waals surface area contributed by atoms with Crippen molar-refractivity contribution in [3.63, 3.8) is 0 Å². The van der Waals surface area contributed by atoms with Crippen LogP contribution in [0.1, 0.15) is 23.5 Å². The first kappa shape index (κ1) is 13.2. The van der Waals surface area contributed by atoms with Gasteiger partial charge in [-0.1, -0.05) is 0 Å². The molecule has 2 heterocycles. The lowest BCUT2D eigenvalue weighted by molar-refractivity contribution is -0.115. The number of rotatable bonds is 4. The van der Waals surface area contributed by atoms with Crippen LogP contribution in [0, 0.1) is 13.8 Å². The number of hydrogen-bond acceptors (Lipinski definition) is 3. The molecular formula is C11H13F2N5O. The maximum Gasteiger partial charge on any atom is 0.333 e. The number of aromatic amines is 1. The van der Waals surface area contributed by atoms with Crippen LogP contribution in [0.2, 0.25) is 0 Å². The predicted octanol–water partition coefficient (Wildman–Crippen LogP) is 1.80. The van der Waals surface area contributed by atoms with Crippen LogP contribution in [0.4, 0.5) is 14.5 Å². The van der Waals surface area contributed by atoms with Gasteiger partial charge in [0.15, 0.2) is 0 Å². The summed E-state index contributed by atoms with van der Waals surface area (Å²) in [6, 6.07) is 0. The second kappa shape index (κ2) is 5.17. The minimum atomic E-state index is -2.70. The number of alkyl halides is 2. The molecule has 0 saturated heterocycles. The third kappa shape index (κ3) is 2.78. The average Bonchev–Trinajstić information content (AvgIpc) is 2.92. The van der Waals surface area contributed by atoms with Gasteiger partial charge in [0, 0.05) is 17.5 Å². The SMILES string of the molecule is Cc1nn(C(F)F)c(C)c1CC(=O)Nc1cn[nH]c1. The number of carbonyl (C=O) groups excluding carboxylic acids is 1. The van der Waals surface area contributed by atoms with Gasteiger partial charge in [-0.05, 0) is 13.8 Å². The van der Waals surface area contributed by atoms with E-state index < -0.39 is 6.55 Å². The number of amides is 1. The summed E-state index contributed by atoms with van der Waals surface area (Å²) in [4.78, 5) is 11.8. The zero-order chi connectivity index (χ0) is 14.0. The van der Waals surface area contributed by atoms with Crippen LogP contribution in [0.25, 0.3) is 0 Å². The van der Waals surface area contributed by atoms with E-state index in [-0.39, 0.29) is 12.3 Å². The minimum absolute atomic E-state index is 0.00440. The molecule has 0 saturated carbocycles. The predicted molar refractivity (Wildman–Crippen MR) is 63.9 cm³/mol. The van der Waals surface area contributed by atoms with Crippen LogP contribution >= 0.6 is 0 Å². The number of nitrogens with one attached hydrogen (secondary N) is 2. The van der Waals surface area contributed by atoms with Crippen LogP contribution < -0.4 is 5.32 Å². The molecule has 0 aliphatic rings. The van der Waals surface area contributed by atoms with Crippen LogP contribution in [-0.4, -0.2) is 25.9 Å². The van der Waals surface area contributed by atoms with E-state index in [1.165, 1.54) is 19.3 Å². The van der Waals surface area contributed by atoms with E-state index in [0.29, 0.717) is 27.3 Å². The molecule has 0 aliphatic carbocycles. The van der Waals surface area contributed by atoms with Crippen LogP contribution in [-0.2, 0) is 11.2 Å². The molecule has 0 aromatic carbocycles. The molecule has 0 unspecified atom stereocenters. The Balaban J connectivity index is 2.13. The van der Waals surface area contributed by atoms with Crippen molar-refractivity contribution in [2.45, 2.75) is 26.8 Å². The molecule has 2 N–H and O–H groups in total. The Morgan fingerprint density at radius 2 is 2.26 bits per heavy atom. The molecule has 0 radical (unpaired) electrons. The Kier molecular flexibility index (Phi) is 3.59. The second-order valence-corrected chi connectivity index (χ2v) is 4.08. The Bertz CT molecular complexity index is 576. The van der Waals surface area contributed by atoms with E-state index in [2.05, 4.69) is 20.6 Å². The third-order valence-corrected chi connectivity index (χ3v) is 2.78. The van der Waals surface area contributed by atoms with E-state index in [9.17, 15) is 13.6 Å². The molecule has 2 aromatic rings. The van der Waals surface area contributed by atoms with Gasteiger partial charge in [0.2, 0.25) is 5.91 Å². The summed E-state index contributed by atoms with van der Waals surface area (Å²) in [5.74, 6) is -0.304. The first-order chi connectivity index (χ1) is 8.99. The highest BCUT2D eigenvalue weighted by molar-refractivity contribution is 5.92. The summed E-state index contributed by atoms with van der Waals surface area (Å²) in [5, 5.41) is 12.6. The van der Waals surface area contributed by atoms with E-state index in [1.54, 1.807) is 6.92 Å². The summed E-state index contributed by atoms with van der Waals surface area (Å²) in [6.07, 6.45) is 2.98. The standard InChI is InChI=1S/C11H13F2N5O/c1-6-9(7(2)18(17-6)11(12)13)3-10(19)16-8-4-14-15-5-8/h4-5,11H,3H2,1-2H3,(H,14,15)(H,16,19). The highest BCUT2D eigenvalue weighted by Crippen LogP contribution is 2.20. The monoisotopic (exact) mass is 269 g/mol. The molecule has 19 heavy (non-hydrogen) atoms. The zero-order valence-corrected chi connectivity index (χ0v) is 10.4. The fourth-order valence-corrected chi connectivity index (χ4v) is 1.83. The first-order valence-corrected chi connectivity index (χ1v) is 5.60. The van der Waals surface area contributed by atoms with Crippen LogP contribution in [0.15, 0.2) is 12.4 Å². The summed E-state index contributed by atoms with van der Waals surface area (Å²) in [6.45, 7) is 0.420. The lowest BCUT2D eigenvalue weighted by Crippen LogP contribution is -2.15. The van der Waals surface area contributed by atoms with Gasteiger partial charge in [-0.2, -0.15) is 19.0 Å². The Hall–Kier alpha value is -2.25. The maximum absolute atomic E-state index is 12.7. The number of aromatic nitrogens is 4. The van der Waals surface area contributed by atoms with Crippen molar-refractivity contribution in [3.05, 3.63) is 29.3 Å². The van der Waals surface area contributed by atoms with Gasteiger partial charge in [0.25, 0.3) is 0 Å². The molecular weight excluding hydrogens is 256 g/mol. The van der Waals surface area contributed by atoms with E-state index in [0.717, 1.165) is 0 Å². The van der Waals surface area contributed by atoms with E-state index in [1.807, 2.05) is 0 Å². The van der Waals surface area contributed by atoms with Crippen molar-refractivity contribution >= 4 is 11.6 Å². The molecule has 1 amide bonds. The lowest BCUT2D eigenvalue weighted by Gasteiger charge is -2.04. The Morgan fingerprint density at radius 1 is 1.53 bits per heavy atom. The molecule has 2 rings (SSSR count). The highest BCUT2D eigenvalue weighted by Gasteiger charge is 2.19. The molecule has 2 aromatic heterocycles. The number of aryl methyl sites for hydroxylation is 1. The highest BCUT2D eigenvalue weighted by atomic mass is 19.3. The second-order valence-electron chi connectivity index (χ2n) is 4.08. The number of H-pyrrole nitrogens is 1. The van der Waals surface area contributed by atoms with Crippen molar-refractivity contribution in [2.24, 2.45) is 0 Å². The van der Waals surface area contributed by atoms with Crippen molar-refractivity contribution in [3.8, 4) is 0 Å². The van der Waals surface area contributed by atoms with Crippen molar-refractivity contribution in [2.75, 3.05) is 5.32 Å². The zero-order valence-electron chi connectivity index (χ0n) is 10.4. The Labute approximate surface area is 107 Å². The molecule has 0 aliphatic heterocycles. The fourth-order valence-electron chi connectivity index (χ4n) is 1.83. The minimum Gasteiger partial charge on any atom is -0.323 e. The van der Waals surface area contributed by atoms with Crippen molar-refractivity contribution in [1.29, 1.82) is 0 Å². The Morgan fingerprint density at radius 3 is 2.79 bits per heavy atom. The molecule has 0 atom stereocenters. The van der Waals surface area contributed by atoms with Crippen molar-refractivity contribution < 1.29 is 13.6 Å². The van der Waals surface area contributed by atoms with Crippen LogP contribution in [0.3, 0.4) is 0 Å². The van der Waals surface area contributed by atoms with Crippen LogP contribution in [0.5, 0.6) is 0 Å². The number of carbonyl (C=O) groups is 1. The fraction of sp³-hybridized carbons (Fsp3) is 0.364. The topological polar surface area (TPSA) is 75.6 Å². The molecule has 0 bridgehead atoms.